The van der Waals surface area contributed by atoms with E-state index in [1.54, 1.807) is 12.4 Å². The molecular formula is C21H23N5. The fourth-order valence-electron chi connectivity index (χ4n) is 3.30. The largest absolute Gasteiger partial charge is 0.383 e. The van der Waals surface area contributed by atoms with Crippen molar-refractivity contribution in [2.75, 3.05) is 23.7 Å². The first-order valence-electron chi connectivity index (χ1n) is 8.94. The zero-order chi connectivity index (χ0) is 17.8. The molecule has 1 aliphatic rings. The zero-order valence-corrected chi connectivity index (χ0v) is 14.9. The third-order valence-electron chi connectivity index (χ3n) is 4.55. The lowest BCUT2D eigenvalue weighted by atomic mass is 10.1. The van der Waals surface area contributed by atoms with Crippen molar-refractivity contribution >= 4 is 17.2 Å². The van der Waals surface area contributed by atoms with E-state index in [0.29, 0.717) is 0 Å². The van der Waals surface area contributed by atoms with E-state index >= 15 is 0 Å². The second kappa shape index (κ2) is 7.54. The van der Waals surface area contributed by atoms with Gasteiger partial charge in [0.15, 0.2) is 0 Å². The maximum absolute atomic E-state index is 4.58. The summed E-state index contributed by atoms with van der Waals surface area (Å²) in [6, 6.07) is 14.7. The molecule has 0 saturated carbocycles. The predicted molar refractivity (Wildman–Crippen MR) is 106 cm³/mol. The summed E-state index contributed by atoms with van der Waals surface area (Å²) >= 11 is 0. The molecule has 4 rings (SSSR count). The molecule has 3 aromatic rings. The highest BCUT2D eigenvalue weighted by atomic mass is 15.2. The molecule has 0 amide bonds. The van der Waals surface area contributed by atoms with Crippen molar-refractivity contribution in [3.05, 3.63) is 77.7 Å². The molecule has 0 spiro atoms. The summed E-state index contributed by atoms with van der Waals surface area (Å²) < 4.78 is 0. The van der Waals surface area contributed by atoms with Crippen molar-refractivity contribution in [3.63, 3.8) is 0 Å². The summed E-state index contributed by atoms with van der Waals surface area (Å²) in [6.07, 6.45) is 5.53. The van der Waals surface area contributed by atoms with Crippen LogP contribution in [0.4, 0.5) is 17.2 Å². The van der Waals surface area contributed by atoms with Crippen LogP contribution < -0.4 is 10.6 Å². The number of hydrogen-bond acceptors (Lipinski definition) is 5. The van der Waals surface area contributed by atoms with Gasteiger partial charge >= 0.3 is 0 Å². The standard InChI is InChI=1S/C21H23N5/c1-16-4-2-5-17(10-16)14-26-9-8-23-20-11-21(24-12-18(20)15-26)25-19-6-3-7-22-13-19/h2-7,10-13,23H,8-9,14-15H2,1H3,(H,24,25). The average Bonchev–Trinajstić information content (AvgIpc) is 2.84. The van der Waals surface area contributed by atoms with Crippen molar-refractivity contribution in [1.82, 2.24) is 14.9 Å². The highest BCUT2D eigenvalue weighted by Crippen LogP contribution is 2.25. The summed E-state index contributed by atoms with van der Waals surface area (Å²) in [6.45, 7) is 5.93. The van der Waals surface area contributed by atoms with Gasteiger partial charge in [-0.15, -0.1) is 0 Å². The lowest BCUT2D eigenvalue weighted by Crippen LogP contribution is -2.25. The lowest BCUT2D eigenvalue weighted by Gasteiger charge is -2.20. The lowest BCUT2D eigenvalue weighted by molar-refractivity contribution is 0.271. The summed E-state index contributed by atoms with van der Waals surface area (Å²) in [7, 11) is 0. The Morgan fingerprint density at radius 2 is 2.12 bits per heavy atom. The van der Waals surface area contributed by atoms with Crippen LogP contribution in [-0.4, -0.2) is 28.0 Å². The Kier molecular flexibility index (Phi) is 4.80. The first-order valence-corrected chi connectivity index (χ1v) is 8.94. The van der Waals surface area contributed by atoms with Crippen molar-refractivity contribution in [2.45, 2.75) is 20.0 Å². The smallest absolute Gasteiger partial charge is 0.132 e. The van der Waals surface area contributed by atoms with Crippen molar-refractivity contribution < 1.29 is 0 Å². The third-order valence-corrected chi connectivity index (χ3v) is 4.55. The number of aromatic nitrogens is 2. The minimum atomic E-state index is 0.830. The Hall–Kier alpha value is -2.92. The summed E-state index contributed by atoms with van der Waals surface area (Å²) in [5, 5.41) is 6.85. The average molecular weight is 345 g/mol. The van der Waals surface area contributed by atoms with Gasteiger partial charge in [-0.3, -0.25) is 9.88 Å². The quantitative estimate of drug-likeness (QED) is 0.750. The number of benzene rings is 1. The Bertz CT molecular complexity index is 879. The summed E-state index contributed by atoms with van der Waals surface area (Å²) in [5.74, 6) is 0.830. The molecule has 0 atom stereocenters. The van der Waals surface area contributed by atoms with Gasteiger partial charge in [0.2, 0.25) is 0 Å². The van der Waals surface area contributed by atoms with Crippen molar-refractivity contribution in [2.24, 2.45) is 0 Å². The maximum Gasteiger partial charge on any atom is 0.132 e. The molecular weight excluding hydrogens is 322 g/mol. The van der Waals surface area contributed by atoms with E-state index in [2.05, 4.69) is 62.8 Å². The second-order valence-corrected chi connectivity index (χ2v) is 6.72. The highest BCUT2D eigenvalue weighted by Gasteiger charge is 2.15. The highest BCUT2D eigenvalue weighted by molar-refractivity contribution is 5.63. The Labute approximate surface area is 154 Å². The molecule has 5 heteroatoms. The molecule has 5 nitrogen and oxygen atoms in total. The Morgan fingerprint density at radius 3 is 2.96 bits per heavy atom. The number of nitrogens with zero attached hydrogens (tertiary/aromatic N) is 3. The first kappa shape index (κ1) is 16.5. The van der Waals surface area contributed by atoms with Gasteiger partial charge in [0.05, 0.1) is 11.9 Å². The van der Waals surface area contributed by atoms with Gasteiger partial charge in [-0.05, 0) is 24.6 Å². The van der Waals surface area contributed by atoms with E-state index < -0.39 is 0 Å². The topological polar surface area (TPSA) is 53.1 Å². The SMILES string of the molecule is Cc1cccc(CN2CCNc3cc(Nc4cccnc4)ncc3C2)c1. The molecule has 3 heterocycles. The van der Waals surface area contributed by atoms with Gasteiger partial charge in [0.25, 0.3) is 0 Å². The van der Waals surface area contributed by atoms with Crippen LogP contribution in [0.15, 0.2) is 61.1 Å². The molecule has 132 valence electrons. The van der Waals surface area contributed by atoms with Crippen LogP contribution in [0.25, 0.3) is 0 Å². The zero-order valence-electron chi connectivity index (χ0n) is 14.9. The summed E-state index contributed by atoms with van der Waals surface area (Å²) in [5.41, 5.74) is 5.99. The minimum Gasteiger partial charge on any atom is -0.383 e. The van der Waals surface area contributed by atoms with E-state index in [-0.39, 0.29) is 0 Å². The van der Waals surface area contributed by atoms with E-state index in [0.717, 1.165) is 43.4 Å². The molecule has 0 unspecified atom stereocenters. The summed E-state index contributed by atoms with van der Waals surface area (Å²) in [4.78, 5) is 11.2. The number of pyridine rings is 2. The van der Waals surface area contributed by atoms with Crippen LogP contribution in [-0.2, 0) is 13.1 Å². The van der Waals surface area contributed by atoms with E-state index in [4.69, 9.17) is 0 Å². The van der Waals surface area contributed by atoms with Gasteiger partial charge in [-0.1, -0.05) is 29.8 Å². The van der Waals surface area contributed by atoms with Gasteiger partial charge in [-0.2, -0.15) is 0 Å². The second-order valence-electron chi connectivity index (χ2n) is 6.72. The Balaban J connectivity index is 1.48. The van der Waals surface area contributed by atoms with Gasteiger partial charge in [-0.25, -0.2) is 4.98 Å². The number of fused-ring (bicyclic) bond motifs is 1. The van der Waals surface area contributed by atoms with Crippen LogP contribution in [0.3, 0.4) is 0 Å². The molecule has 2 N–H and O–H groups in total. The van der Waals surface area contributed by atoms with Crippen LogP contribution in [0.1, 0.15) is 16.7 Å². The number of aryl methyl sites for hydroxylation is 1. The molecule has 1 aromatic carbocycles. The van der Waals surface area contributed by atoms with Crippen LogP contribution in [0.2, 0.25) is 0 Å². The monoisotopic (exact) mass is 345 g/mol. The van der Waals surface area contributed by atoms with E-state index in [9.17, 15) is 0 Å². The fraction of sp³-hybridized carbons (Fsp3) is 0.238. The molecule has 0 aliphatic carbocycles. The van der Waals surface area contributed by atoms with Crippen LogP contribution >= 0.6 is 0 Å². The van der Waals surface area contributed by atoms with Crippen LogP contribution in [0.5, 0.6) is 0 Å². The van der Waals surface area contributed by atoms with Crippen molar-refractivity contribution in [3.8, 4) is 0 Å². The molecule has 26 heavy (non-hydrogen) atoms. The van der Waals surface area contributed by atoms with Gasteiger partial charge in [0.1, 0.15) is 5.82 Å². The molecule has 2 aromatic heterocycles. The van der Waals surface area contributed by atoms with E-state index in [1.165, 1.54) is 16.7 Å². The van der Waals surface area contributed by atoms with Crippen molar-refractivity contribution in [1.29, 1.82) is 0 Å². The van der Waals surface area contributed by atoms with Crippen LogP contribution in [0, 0.1) is 6.92 Å². The first-order chi connectivity index (χ1) is 12.8. The molecule has 1 aliphatic heterocycles. The number of anilines is 3. The fourth-order valence-corrected chi connectivity index (χ4v) is 3.30. The molecule has 0 bridgehead atoms. The molecule has 0 saturated heterocycles. The predicted octanol–water partition coefficient (Wildman–Crippen LogP) is 3.96. The van der Waals surface area contributed by atoms with Gasteiger partial charge in [0, 0.05) is 55.9 Å². The minimum absolute atomic E-state index is 0.830. The number of rotatable bonds is 4. The number of nitrogens with one attached hydrogen (secondary N) is 2. The number of hydrogen-bond donors (Lipinski definition) is 2. The third kappa shape index (κ3) is 4.00. The van der Waals surface area contributed by atoms with Gasteiger partial charge < -0.3 is 10.6 Å². The normalized spacial score (nSPS) is 14.2. The molecule has 0 fully saturated rings. The molecule has 0 radical (unpaired) electrons. The maximum atomic E-state index is 4.58. The Morgan fingerprint density at radius 1 is 1.15 bits per heavy atom. The van der Waals surface area contributed by atoms with E-state index in [1.807, 2.05) is 18.3 Å².